The molecule has 162 valence electrons. The maximum absolute atomic E-state index is 13.1. The lowest BCUT2D eigenvalue weighted by atomic mass is 10.1. The largest absolute Gasteiger partial charge is 0.502 e. The first-order valence-electron chi connectivity index (χ1n) is 9.16. The van der Waals surface area contributed by atoms with Crippen LogP contribution >= 0.6 is 46.6 Å². The molecule has 0 fully saturated rings. The third-order valence-electron chi connectivity index (χ3n) is 4.77. The van der Waals surface area contributed by atoms with Gasteiger partial charge in [-0.15, -0.1) is 0 Å². The highest BCUT2D eigenvalue weighted by molar-refractivity contribution is 8.03. The Labute approximate surface area is 202 Å². The van der Waals surface area contributed by atoms with Gasteiger partial charge in [0.1, 0.15) is 0 Å². The molecule has 0 bridgehead atoms. The number of benzene rings is 3. The van der Waals surface area contributed by atoms with Gasteiger partial charge in [-0.1, -0.05) is 64.8 Å². The first kappa shape index (κ1) is 22.5. The average Bonchev–Trinajstić information content (AvgIpc) is 3.00. The van der Waals surface area contributed by atoms with Gasteiger partial charge < -0.3 is 5.11 Å². The third-order valence-corrected chi connectivity index (χ3v) is 6.69. The zero-order chi connectivity index (χ0) is 23.0. The molecule has 0 radical (unpaired) electrons. The minimum absolute atomic E-state index is 0.205. The molecule has 3 aromatic rings. The number of hydrogen-bond acceptors (Lipinski definition) is 5. The number of aliphatic hydroxyl groups is 1. The molecule has 32 heavy (non-hydrogen) atoms. The molecule has 1 unspecified atom stereocenters. The van der Waals surface area contributed by atoms with Crippen molar-refractivity contribution in [2.75, 3.05) is 4.90 Å². The molecule has 10 heteroatoms. The van der Waals surface area contributed by atoms with E-state index >= 15 is 0 Å². The molecule has 1 atom stereocenters. The van der Waals surface area contributed by atoms with Crippen LogP contribution in [-0.2, 0) is 4.79 Å². The molecule has 0 saturated carbocycles. The fourth-order valence-corrected chi connectivity index (χ4v) is 4.99. The van der Waals surface area contributed by atoms with Crippen molar-refractivity contribution in [1.29, 1.82) is 0 Å². The number of nitro benzene ring substituents is 1. The molecule has 1 aliphatic rings. The lowest BCUT2D eigenvalue weighted by molar-refractivity contribution is -0.387. The standard InChI is InChI=1S/C22H13Cl3N2O4S/c23-13-6-4-12(5-7-13)19-21(32-18-9-8-15(25)11-17(18)27(30)31)20(28)22(29)26(19)16-3-1-2-14(24)10-16/h1-11,19,28H. The lowest BCUT2D eigenvalue weighted by Crippen LogP contribution is -2.30. The highest BCUT2D eigenvalue weighted by atomic mass is 35.5. The van der Waals surface area contributed by atoms with Crippen molar-refractivity contribution in [1.82, 2.24) is 0 Å². The number of aliphatic hydroxyl groups excluding tert-OH is 1. The number of nitrogens with zero attached hydrogens (tertiary/aromatic N) is 2. The van der Waals surface area contributed by atoms with E-state index in [1.807, 2.05) is 0 Å². The minimum Gasteiger partial charge on any atom is -0.502 e. The van der Waals surface area contributed by atoms with Crippen molar-refractivity contribution in [3.63, 3.8) is 0 Å². The van der Waals surface area contributed by atoms with E-state index in [1.165, 1.54) is 23.1 Å². The molecular formula is C22H13Cl3N2O4S. The Balaban J connectivity index is 1.85. The van der Waals surface area contributed by atoms with Crippen LogP contribution in [0, 0.1) is 10.1 Å². The van der Waals surface area contributed by atoms with Crippen LogP contribution in [0.1, 0.15) is 11.6 Å². The Morgan fingerprint density at radius 1 is 0.938 bits per heavy atom. The van der Waals surface area contributed by atoms with Crippen LogP contribution in [-0.4, -0.2) is 15.9 Å². The summed E-state index contributed by atoms with van der Waals surface area (Å²) in [7, 11) is 0. The highest BCUT2D eigenvalue weighted by Crippen LogP contribution is 2.49. The van der Waals surface area contributed by atoms with E-state index in [0.717, 1.165) is 11.8 Å². The summed E-state index contributed by atoms with van der Waals surface area (Å²) in [5, 5.41) is 23.5. The SMILES string of the molecule is O=C1C(O)=C(Sc2ccc(Cl)cc2[N+](=O)[O-])C(c2ccc(Cl)cc2)N1c1cccc(Cl)c1. The number of nitro groups is 1. The summed E-state index contributed by atoms with van der Waals surface area (Å²) in [6, 6.07) is 16.9. The summed E-state index contributed by atoms with van der Waals surface area (Å²) in [6.45, 7) is 0. The van der Waals surface area contributed by atoms with Gasteiger partial charge in [0.05, 0.1) is 20.8 Å². The van der Waals surface area contributed by atoms with Gasteiger partial charge in [-0.25, -0.2) is 0 Å². The maximum atomic E-state index is 13.1. The van der Waals surface area contributed by atoms with E-state index in [1.54, 1.807) is 48.5 Å². The van der Waals surface area contributed by atoms with Crippen molar-refractivity contribution >= 4 is 63.8 Å². The first-order chi connectivity index (χ1) is 15.3. The number of thioether (sulfide) groups is 1. The van der Waals surface area contributed by atoms with Gasteiger partial charge in [-0.05, 0) is 48.0 Å². The molecule has 0 saturated heterocycles. The number of hydrogen-bond donors (Lipinski definition) is 1. The van der Waals surface area contributed by atoms with E-state index < -0.39 is 22.6 Å². The predicted molar refractivity (Wildman–Crippen MR) is 127 cm³/mol. The predicted octanol–water partition coefficient (Wildman–Crippen LogP) is 7.20. The second-order valence-corrected chi connectivity index (χ2v) is 9.19. The van der Waals surface area contributed by atoms with E-state index in [0.29, 0.717) is 21.3 Å². The van der Waals surface area contributed by atoms with Crippen LogP contribution in [0.25, 0.3) is 0 Å². The Morgan fingerprint density at radius 3 is 2.25 bits per heavy atom. The van der Waals surface area contributed by atoms with Crippen LogP contribution in [0.3, 0.4) is 0 Å². The molecule has 1 N–H and O–H groups in total. The van der Waals surface area contributed by atoms with Gasteiger partial charge in [0.15, 0.2) is 5.76 Å². The van der Waals surface area contributed by atoms with Gasteiger partial charge in [0.25, 0.3) is 11.6 Å². The van der Waals surface area contributed by atoms with E-state index in [2.05, 4.69) is 0 Å². The van der Waals surface area contributed by atoms with Crippen molar-refractivity contribution in [3.8, 4) is 0 Å². The topological polar surface area (TPSA) is 83.7 Å². The Morgan fingerprint density at radius 2 is 1.59 bits per heavy atom. The number of carbonyl (C=O) groups excluding carboxylic acids is 1. The molecule has 4 rings (SSSR count). The molecule has 1 amide bonds. The summed E-state index contributed by atoms with van der Waals surface area (Å²) < 4.78 is 0. The molecule has 1 heterocycles. The number of rotatable bonds is 5. The summed E-state index contributed by atoms with van der Waals surface area (Å²) in [5.41, 5.74) is 0.896. The molecule has 3 aromatic carbocycles. The zero-order valence-electron chi connectivity index (χ0n) is 16.0. The second kappa shape index (κ2) is 9.03. The normalized spacial score (nSPS) is 16.0. The monoisotopic (exact) mass is 506 g/mol. The molecular weight excluding hydrogens is 495 g/mol. The first-order valence-corrected chi connectivity index (χ1v) is 11.1. The van der Waals surface area contributed by atoms with Gasteiger partial charge in [-0.2, -0.15) is 0 Å². The second-order valence-electron chi connectivity index (χ2n) is 6.79. The fraction of sp³-hybridized carbons (Fsp3) is 0.0455. The van der Waals surface area contributed by atoms with Crippen molar-refractivity contribution < 1.29 is 14.8 Å². The quantitative estimate of drug-likeness (QED) is 0.291. The lowest BCUT2D eigenvalue weighted by Gasteiger charge is -2.27. The maximum Gasteiger partial charge on any atom is 0.294 e. The average molecular weight is 508 g/mol. The Bertz CT molecular complexity index is 1260. The number of amides is 1. The van der Waals surface area contributed by atoms with Crippen molar-refractivity contribution in [2.24, 2.45) is 0 Å². The molecule has 0 aliphatic carbocycles. The van der Waals surface area contributed by atoms with Crippen molar-refractivity contribution in [2.45, 2.75) is 10.9 Å². The molecule has 0 aromatic heterocycles. The van der Waals surface area contributed by atoms with Gasteiger partial charge in [-0.3, -0.25) is 19.8 Å². The summed E-state index contributed by atoms with van der Waals surface area (Å²) in [4.78, 5) is 26.0. The Kier molecular flexibility index (Phi) is 6.35. The van der Waals surface area contributed by atoms with Gasteiger partial charge >= 0.3 is 0 Å². The van der Waals surface area contributed by atoms with Crippen LogP contribution in [0.2, 0.25) is 15.1 Å². The Hall–Kier alpha value is -2.71. The minimum atomic E-state index is -0.751. The van der Waals surface area contributed by atoms with E-state index in [9.17, 15) is 20.0 Å². The summed E-state index contributed by atoms with van der Waals surface area (Å²) in [5.74, 6) is -1.15. The zero-order valence-corrected chi connectivity index (χ0v) is 19.1. The summed E-state index contributed by atoms with van der Waals surface area (Å²) in [6.07, 6.45) is 0. The smallest absolute Gasteiger partial charge is 0.294 e. The van der Waals surface area contributed by atoms with Gasteiger partial charge in [0, 0.05) is 26.8 Å². The fourth-order valence-electron chi connectivity index (χ4n) is 3.36. The highest BCUT2D eigenvalue weighted by Gasteiger charge is 2.42. The molecule has 1 aliphatic heterocycles. The van der Waals surface area contributed by atoms with Crippen LogP contribution in [0.15, 0.2) is 82.3 Å². The number of anilines is 1. The van der Waals surface area contributed by atoms with E-state index in [-0.39, 0.29) is 20.5 Å². The van der Waals surface area contributed by atoms with Gasteiger partial charge in [0.2, 0.25) is 0 Å². The molecule has 6 nitrogen and oxygen atoms in total. The van der Waals surface area contributed by atoms with Crippen LogP contribution in [0.4, 0.5) is 11.4 Å². The molecule has 0 spiro atoms. The number of carbonyl (C=O) groups is 1. The summed E-state index contributed by atoms with van der Waals surface area (Å²) >= 11 is 19.0. The van der Waals surface area contributed by atoms with E-state index in [4.69, 9.17) is 34.8 Å². The third kappa shape index (κ3) is 4.29. The van der Waals surface area contributed by atoms with Crippen LogP contribution in [0.5, 0.6) is 0 Å². The number of halogens is 3. The van der Waals surface area contributed by atoms with Crippen LogP contribution < -0.4 is 4.90 Å². The van der Waals surface area contributed by atoms with Crippen molar-refractivity contribution in [3.05, 3.63) is 108 Å².